The molecule has 0 spiro atoms. The standard InChI is InChI=1S/C19H27N3O2/c1-13-8-9-16-15(10-13)11-22(18(23)24-19(3,4)5)12-17(21(16)7)14(2)20-6/h8-10H,6,11-12H2,1-5,7H3/b17-14-. The summed E-state index contributed by atoms with van der Waals surface area (Å²) >= 11 is 0. The van der Waals surface area contributed by atoms with Crippen molar-refractivity contribution in [3.63, 3.8) is 0 Å². The van der Waals surface area contributed by atoms with Crippen LogP contribution >= 0.6 is 0 Å². The van der Waals surface area contributed by atoms with Gasteiger partial charge in [0.05, 0.1) is 24.5 Å². The summed E-state index contributed by atoms with van der Waals surface area (Å²) in [7, 11) is 2.00. The van der Waals surface area contributed by atoms with Crippen LogP contribution in [0.15, 0.2) is 34.6 Å². The second-order valence-electron chi connectivity index (χ2n) is 7.22. The molecule has 0 aromatic heterocycles. The Balaban J connectivity index is 2.49. The van der Waals surface area contributed by atoms with Crippen molar-refractivity contribution < 1.29 is 9.53 Å². The van der Waals surface area contributed by atoms with E-state index in [2.05, 4.69) is 41.7 Å². The van der Waals surface area contributed by atoms with Gasteiger partial charge in [-0.3, -0.25) is 9.89 Å². The molecule has 1 aromatic carbocycles. The number of amides is 1. The highest BCUT2D eigenvalue weighted by atomic mass is 16.6. The number of benzene rings is 1. The van der Waals surface area contributed by atoms with Gasteiger partial charge in [0, 0.05) is 12.7 Å². The minimum atomic E-state index is -0.527. The zero-order valence-corrected chi connectivity index (χ0v) is 15.5. The van der Waals surface area contributed by atoms with Crippen LogP contribution < -0.4 is 4.90 Å². The fraction of sp³-hybridized carbons (Fsp3) is 0.474. The molecule has 130 valence electrons. The predicted octanol–water partition coefficient (Wildman–Crippen LogP) is 4.11. The van der Waals surface area contributed by atoms with Gasteiger partial charge in [0.25, 0.3) is 0 Å². The third kappa shape index (κ3) is 3.96. The summed E-state index contributed by atoms with van der Waals surface area (Å²) in [4.78, 5) is 20.5. The number of ether oxygens (including phenoxy) is 1. The number of aryl methyl sites for hydroxylation is 1. The van der Waals surface area contributed by atoms with Gasteiger partial charge in [0.1, 0.15) is 5.60 Å². The second kappa shape index (κ2) is 6.67. The summed E-state index contributed by atoms with van der Waals surface area (Å²) < 4.78 is 5.57. The first-order valence-electron chi connectivity index (χ1n) is 8.10. The molecule has 5 heteroatoms. The van der Waals surface area contributed by atoms with Gasteiger partial charge in [-0.2, -0.15) is 0 Å². The van der Waals surface area contributed by atoms with Gasteiger partial charge in [0.15, 0.2) is 0 Å². The molecule has 0 saturated heterocycles. The van der Waals surface area contributed by atoms with Crippen LogP contribution in [0, 0.1) is 6.92 Å². The molecule has 2 rings (SSSR count). The first kappa shape index (κ1) is 18.0. The number of allylic oxidation sites excluding steroid dienone is 1. The quantitative estimate of drug-likeness (QED) is 0.728. The van der Waals surface area contributed by atoms with Gasteiger partial charge in [0.2, 0.25) is 0 Å². The molecule has 1 heterocycles. The molecular formula is C19H27N3O2. The van der Waals surface area contributed by atoms with Gasteiger partial charge in [-0.05, 0) is 53.0 Å². The van der Waals surface area contributed by atoms with Crippen molar-refractivity contribution in [3.8, 4) is 0 Å². The lowest BCUT2D eigenvalue weighted by Gasteiger charge is -2.28. The Bertz CT molecular complexity index is 686. The van der Waals surface area contributed by atoms with Crippen LogP contribution in [0.2, 0.25) is 0 Å². The Hall–Kier alpha value is -2.30. The Morgan fingerprint density at radius 2 is 1.96 bits per heavy atom. The maximum atomic E-state index is 12.6. The number of anilines is 1. The van der Waals surface area contributed by atoms with E-state index in [1.165, 1.54) is 0 Å². The summed E-state index contributed by atoms with van der Waals surface area (Å²) in [6.45, 7) is 14.2. The lowest BCUT2D eigenvalue weighted by atomic mass is 10.1. The van der Waals surface area contributed by atoms with E-state index in [0.29, 0.717) is 13.1 Å². The van der Waals surface area contributed by atoms with Crippen LogP contribution in [0.5, 0.6) is 0 Å². The van der Waals surface area contributed by atoms with Crippen molar-refractivity contribution in [2.24, 2.45) is 4.99 Å². The Kier molecular flexibility index (Phi) is 5.02. The molecule has 0 fully saturated rings. The van der Waals surface area contributed by atoms with Crippen LogP contribution in [0.25, 0.3) is 0 Å². The van der Waals surface area contributed by atoms with Crippen LogP contribution in [-0.2, 0) is 11.3 Å². The molecule has 0 N–H and O–H groups in total. The van der Waals surface area contributed by atoms with Gasteiger partial charge in [-0.1, -0.05) is 17.7 Å². The number of fused-ring (bicyclic) bond motifs is 1. The average Bonchev–Trinajstić information content (AvgIpc) is 2.61. The van der Waals surface area contributed by atoms with E-state index in [1.807, 2.05) is 34.7 Å². The third-order valence-electron chi connectivity index (χ3n) is 4.01. The number of hydrogen-bond donors (Lipinski definition) is 0. The molecular weight excluding hydrogens is 302 g/mol. The maximum absolute atomic E-state index is 12.6. The van der Waals surface area contributed by atoms with E-state index in [1.54, 1.807) is 4.90 Å². The van der Waals surface area contributed by atoms with Crippen LogP contribution in [-0.4, -0.2) is 36.9 Å². The zero-order chi connectivity index (χ0) is 18.1. The van der Waals surface area contributed by atoms with Crippen molar-refractivity contribution in [3.05, 3.63) is 40.7 Å². The molecule has 0 radical (unpaired) electrons. The molecule has 1 aliphatic heterocycles. The molecule has 24 heavy (non-hydrogen) atoms. The topological polar surface area (TPSA) is 45.1 Å². The van der Waals surface area contributed by atoms with Crippen molar-refractivity contribution in [1.82, 2.24) is 4.90 Å². The first-order valence-corrected chi connectivity index (χ1v) is 8.10. The highest BCUT2D eigenvalue weighted by Crippen LogP contribution is 2.31. The summed E-state index contributed by atoms with van der Waals surface area (Å²) in [5.41, 5.74) is 4.55. The van der Waals surface area contributed by atoms with E-state index in [0.717, 1.165) is 28.2 Å². The fourth-order valence-electron chi connectivity index (χ4n) is 2.77. The summed E-state index contributed by atoms with van der Waals surface area (Å²) in [5.74, 6) is 0. The highest BCUT2D eigenvalue weighted by molar-refractivity contribution is 5.71. The van der Waals surface area contributed by atoms with Gasteiger partial charge in [-0.25, -0.2) is 4.79 Å². The lowest BCUT2D eigenvalue weighted by molar-refractivity contribution is 0.0254. The Labute approximate surface area is 144 Å². The van der Waals surface area contributed by atoms with E-state index >= 15 is 0 Å². The normalized spacial score (nSPS) is 17.1. The molecule has 0 unspecified atom stereocenters. The van der Waals surface area contributed by atoms with Gasteiger partial charge < -0.3 is 9.64 Å². The molecule has 1 aromatic rings. The molecule has 1 amide bonds. The monoisotopic (exact) mass is 329 g/mol. The lowest BCUT2D eigenvalue weighted by Crippen LogP contribution is -2.38. The smallest absolute Gasteiger partial charge is 0.410 e. The molecule has 0 atom stereocenters. The third-order valence-corrected chi connectivity index (χ3v) is 4.01. The first-order chi connectivity index (χ1) is 11.1. The minimum Gasteiger partial charge on any atom is -0.444 e. The van der Waals surface area contributed by atoms with Gasteiger partial charge >= 0.3 is 6.09 Å². The van der Waals surface area contributed by atoms with Gasteiger partial charge in [-0.15, -0.1) is 0 Å². The number of hydrogen-bond acceptors (Lipinski definition) is 4. The Morgan fingerprint density at radius 3 is 2.54 bits per heavy atom. The second-order valence-corrected chi connectivity index (χ2v) is 7.22. The maximum Gasteiger partial charge on any atom is 0.410 e. The zero-order valence-electron chi connectivity index (χ0n) is 15.5. The van der Waals surface area contributed by atoms with Crippen molar-refractivity contribution in [1.29, 1.82) is 0 Å². The minimum absolute atomic E-state index is 0.320. The molecule has 0 aliphatic carbocycles. The molecule has 0 bridgehead atoms. The average molecular weight is 329 g/mol. The van der Waals surface area contributed by atoms with Crippen molar-refractivity contribution >= 4 is 18.5 Å². The summed E-state index contributed by atoms with van der Waals surface area (Å²) in [6.07, 6.45) is -0.320. The van der Waals surface area contributed by atoms with Crippen LogP contribution in [0.4, 0.5) is 10.5 Å². The van der Waals surface area contributed by atoms with Crippen LogP contribution in [0.1, 0.15) is 38.8 Å². The largest absolute Gasteiger partial charge is 0.444 e. The Morgan fingerprint density at radius 1 is 1.29 bits per heavy atom. The molecule has 1 aliphatic rings. The van der Waals surface area contributed by atoms with E-state index in [-0.39, 0.29) is 6.09 Å². The number of carbonyl (C=O) groups excluding carboxylic acids is 1. The predicted molar refractivity (Wildman–Crippen MR) is 98.5 cm³/mol. The number of aliphatic imine (C=N–C) groups is 1. The van der Waals surface area contributed by atoms with E-state index < -0.39 is 5.60 Å². The summed E-state index contributed by atoms with van der Waals surface area (Å²) in [6, 6.07) is 6.27. The van der Waals surface area contributed by atoms with Crippen molar-refractivity contribution in [2.75, 3.05) is 18.5 Å². The summed E-state index contributed by atoms with van der Waals surface area (Å²) in [5, 5.41) is 0. The van der Waals surface area contributed by atoms with E-state index in [9.17, 15) is 4.79 Å². The fourth-order valence-corrected chi connectivity index (χ4v) is 2.77. The SMILES string of the molecule is C=N/C(C)=C1/CN(C(=O)OC(C)(C)C)Cc2cc(C)ccc2N1C. The highest BCUT2D eigenvalue weighted by Gasteiger charge is 2.29. The van der Waals surface area contributed by atoms with Crippen LogP contribution in [0.3, 0.4) is 0 Å². The molecule has 0 saturated carbocycles. The number of likely N-dealkylation sites (N-methyl/N-ethyl adjacent to an activating group) is 1. The number of carbonyl (C=O) groups is 1. The number of nitrogens with zero attached hydrogens (tertiary/aromatic N) is 3. The molecule has 5 nitrogen and oxygen atoms in total. The number of rotatable bonds is 1. The van der Waals surface area contributed by atoms with E-state index in [4.69, 9.17) is 4.74 Å². The van der Waals surface area contributed by atoms with Crippen molar-refractivity contribution in [2.45, 2.75) is 46.8 Å².